The van der Waals surface area contributed by atoms with E-state index in [0.29, 0.717) is 30.4 Å². The van der Waals surface area contributed by atoms with Gasteiger partial charge >= 0.3 is 0 Å². The fraction of sp³-hybridized carbons (Fsp3) is 0.724. The molecule has 0 spiro atoms. The molecule has 0 saturated heterocycles. The zero-order chi connectivity index (χ0) is 28.0. The number of hydrogen-bond donors (Lipinski definition) is 4. The van der Waals surface area contributed by atoms with E-state index >= 15 is 0 Å². The van der Waals surface area contributed by atoms with Crippen molar-refractivity contribution in [3.8, 4) is 0 Å². The number of hydrogen-bond acceptors (Lipinski definition) is 7. The van der Waals surface area contributed by atoms with Crippen molar-refractivity contribution in [3.63, 3.8) is 0 Å². The molecule has 1 unspecified atom stereocenters. The summed E-state index contributed by atoms with van der Waals surface area (Å²) in [5.41, 5.74) is 6.32. The highest BCUT2D eigenvalue weighted by atomic mass is 19.3. The van der Waals surface area contributed by atoms with Crippen molar-refractivity contribution < 1.29 is 13.6 Å². The highest BCUT2D eigenvalue weighted by Gasteiger charge is 2.22. The van der Waals surface area contributed by atoms with Gasteiger partial charge in [0.05, 0.1) is 13.3 Å². The van der Waals surface area contributed by atoms with Gasteiger partial charge in [0.15, 0.2) is 5.82 Å². The second kappa shape index (κ2) is 16.6. The van der Waals surface area contributed by atoms with E-state index in [1.54, 1.807) is 20.2 Å². The van der Waals surface area contributed by atoms with Gasteiger partial charge in [-0.25, -0.2) is 13.8 Å². The van der Waals surface area contributed by atoms with Crippen LogP contribution >= 0.6 is 0 Å². The topological polar surface area (TPSA) is 83.1 Å². The van der Waals surface area contributed by atoms with Crippen LogP contribution in [0, 0.1) is 5.92 Å². The molecule has 0 bridgehead atoms. The summed E-state index contributed by atoms with van der Waals surface area (Å²) in [6, 6.07) is 1.27. The standard InChI is InChI=1S/C24H40N6O.C5H10F2/c1-5-18(3)28-21-12-10-19(11-13-21)14-25-23-22(30-31-4)16-27-24(29-23)26-15-20-9-7-6-8-17(20)2;1-3-4-5(2,6)7/h8-9,16,18-19,21,28,30H,5-7,10-15H2,1-4H3,(H2,25,26,27,29);3-4H2,1-2H3. The number of rotatable bonds is 13. The first-order chi connectivity index (χ1) is 18.1. The Morgan fingerprint density at radius 1 is 1.11 bits per heavy atom. The third-order valence-electron chi connectivity index (χ3n) is 7.18. The van der Waals surface area contributed by atoms with Crippen LogP contribution < -0.4 is 21.4 Å². The van der Waals surface area contributed by atoms with E-state index < -0.39 is 5.92 Å². The molecule has 2 aliphatic rings. The van der Waals surface area contributed by atoms with Gasteiger partial charge in [-0.2, -0.15) is 4.98 Å². The van der Waals surface area contributed by atoms with Crippen LogP contribution in [0.1, 0.15) is 92.4 Å². The number of nitrogens with zero attached hydrogens (tertiary/aromatic N) is 2. The molecule has 38 heavy (non-hydrogen) atoms. The Bertz CT molecular complexity index is 878. The molecule has 1 saturated carbocycles. The molecule has 1 aromatic rings. The quantitative estimate of drug-likeness (QED) is 0.197. The van der Waals surface area contributed by atoms with Gasteiger partial charge in [-0.15, -0.1) is 0 Å². The molecule has 1 atom stereocenters. The lowest BCUT2D eigenvalue weighted by atomic mass is 9.85. The fourth-order valence-electron chi connectivity index (χ4n) is 4.76. The Labute approximate surface area is 228 Å². The van der Waals surface area contributed by atoms with Crippen molar-refractivity contribution in [1.29, 1.82) is 0 Å². The molecular weight excluding hydrogens is 486 g/mol. The zero-order valence-corrected chi connectivity index (χ0v) is 24.3. The number of allylic oxidation sites excluding steroid dienone is 2. The second-order valence-corrected chi connectivity index (χ2v) is 10.7. The van der Waals surface area contributed by atoms with E-state index in [1.165, 1.54) is 43.3 Å². The Kier molecular flexibility index (Phi) is 14.0. The van der Waals surface area contributed by atoms with Crippen LogP contribution in [-0.2, 0) is 4.84 Å². The third-order valence-corrected chi connectivity index (χ3v) is 7.18. The van der Waals surface area contributed by atoms with Crippen LogP contribution in [0.4, 0.5) is 26.2 Å². The molecular formula is C29H50F2N6O. The largest absolute Gasteiger partial charge is 0.368 e. The smallest absolute Gasteiger partial charge is 0.245 e. The predicted molar refractivity (Wildman–Crippen MR) is 155 cm³/mol. The normalized spacial score (nSPS) is 20.4. The van der Waals surface area contributed by atoms with Crippen molar-refractivity contribution in [1.82, 2.24) is 15.3 Å². The van der Waals surface area contributed by atoms with Crippen molar-refractivity contribution in [2.45, 2.75) is 110 Å². The number of anilines is 3. The molecule has 4 N–H and O–H groups in total. The molecule has 0 radical (unpaired) electrons. The molecule has 9 heteroatoms. The summed E-state index contributed by atoms with van der Waals surface area (Å²) in [6.45, 7) is 11.0. The Morgan fingerprint density at radius 3 is 2.39 bits per heavy atom. The van der Waals surface area contributed by atoms with E-state index in [0.717, 1.165) is 44.4 Å². The maximum Gasteiger partial charge on any atom is 0.245 e. The third kappa shape index (κ3) is 12.1. The monoisotopic (exact) mass is 536 g/mol. The molecule has 0 aromatic carbocycles. The highest BCUT2D eigenvalue weighted by Crippen LogP contribution is 2.27. The van der Waals surface area contributed by atoms with Crippen LogP contribution in [0.2, 0.25) is 0 Å². The molecule has 1 fully saturated rings. The first kappa shape index (κ1) is 32.0. The van der Waals surface area contributed by atoms with Crippen molar-refractivity contribution in [3.05, 3.63) is 29.5 Å². The van der Waals surface area contributed by atoms with Crippen LogP contribution in [0.5, 0.6) is 0 Å². The fourth-order valence-corrected chi connectivity index (χ4v) is 4.76. The molecule has 2 aliphatic carbocycles. The number of halogens is 2. The zero-order valence-electron chi connectivity index (χ0n) is 24.3. The highest BCUT2D eigenvalue weighted by molar-refractivity contribution is 5.64. The second-order valence-electron chi connectivity index (χ2n) is 10.7. The van der Waals surface area contributed by atoms with Crippen LogP contribution in [0.25, 0.3) is 0 Å². The van der Waals surface area contributed by atoms with E-state index in [-0.39, 0.29) is 6.42 Å². The van der Waals surface area contributed by atoms with Crippen LogP contribution in [0.3, 0.4) is 0 Å². The SMILES string of the molecule is CCC(C)NC1CCC(CNc2nc(NCC3=CCCC=C3C)ncc2NOC)CC1.CCCC(C)(F)F. The van der Waals surface area contributed by atoms with Crippen molar-refractivity contribution in [2.75, 3.05) is 36.3 Å². The van der Waals surface area contributed by atoms with E-state index in [1.807, 2.05) is 0 Å². The van der Waals surface area contributed by atoms with Crippen molar-refractivity contribution in [2.24, 2.45) is 5.92 Å². The van der Waals surface area contributed by atoms with Gasteiger partial charge in [-0.1, -0.05) is 38.0 Å². The molecule has 0 aliphatic heterocycles. The lowest BCUT2D eigenvalue weighted by Gasteiger charge is -2.31. The number of alkyl halides is 2. The van der Waals surface area contributed by atoms with Gasteiger partial charge in [0, 0.05) is 31.6 Å². The predicted octanol–water partition coefficient (Wildman–Crippen LogP) is 7.33. The molecule has 7 nitrogen and oxygen atoms in total. The summed E-state index contributed by atoms with van der Waals surface area (Å²) >= 11 is 0. The van der Waals surface area contributed by atoms with Gasteiger partial charge in [-0.3, -0.25) is 10.3 Å². The minimum Gasteiger partial charge on any atom is -0.368 e. The van der Waals surface area contributed by atoms with Crippen LogP contribution in [-0.4, -0.2) is 48.2 Å². The lowest BCUT2D eigenvalue weighted by Crippen LogP contribution is -2.39. The average Bonchev–Trinajstić information content (AvgIpc) is 2.88. The maximum absolute atomic E-state index is 11.7. The molecule has 216 valence electrons. The van der Waals surface area contributed by atoms with Crippen LogP contribution in [0.15, 0.2) is 29.5 Å². The summed E-state index contributed by atoms with van der Waals surface area (Å²) in [7, 11) is 1.60. The molecule has 1 heterocycles. The number of nitrogens with one attached hydrogen (secondary N) is 4. The van der Waals surface area contributed by atoms with E-state index in [2.05, 4.69) is 59.3 Å². The Hall–Kier alpha value is -2.26. The first-order valence-corrected chi connectivity index (χ1v) is 14.3. The maximum atomic E-state index is 11.7. The van der Waals surface area contributed by atoms with Crippen molar-refractivity contribution >= 4 is 17.5 Å². The lowest BCUT2D eigenvalue weighted by molar-refractivity contribution is 0.0123. The van der Waals surface area contributed by atoms with Gasteiger partial charge in [0.1, 0.15) is 5.69 Å². The Morgan fingerprint density at radius 2 is 1.82 bits per heavy atom. The minimum atomic E-state index is -2.45. The summed E-state index contributed by atoms with van der Waals surface area (Å²) in [4.78, 5) is 14.3. The summed E-state index contributed by atoms with van der Waals surface area (Å²) in [5, 5.41) is 10.7. The summed E-state index contributed by atoms with van der Waals surface area (Å²) in [6.07, 6.45) is 15.3. The minimum absolute atomic E-state index is 0.00694. The van der Waals surface area contributed by atoms with E-state index in [9.17, 15) is 8.78 Å². The molecule has 3 rings (SSSR count). The first-order valence-electron chi connectivity index (χ1n) is 14.3. The average molecular weight is 537 g/mol. The van der Waals surface area contributed by atoms with E-state index in [4.69, 9.17) is 9.82 Å². The van der Waals surface area contributed by atoms with Gasteiger partial charge < -0.3 is 16.0 Å². The van der Waals surface area contributed by atoms with Gasteiger partial charge in [-0.05, 0) is 77.2 Å². The van der Waals surface area contributed by atoms with Gasteiger partial charge in [0.25, 0.3) is 0 Å². The van der Waals surface area contributed by atoms with Gasteiger partial charge in [0.2, 0.25) is 11.9 Å². The molecule has 0 amide bonds. The Balaban J connectivity index is 0.000000638. The molecule has 1 aromatic heterocycles. The summed E-state index contributed by atoms with van der Waals surface area (Å²) < 4.78 is 23.4. The summed E-state index contributed by atoms with van der Waals surface area (Å²) in [5.74, 6) is -0.375. The number of aromatic nitrogens is 2.